The van der Waals surface area contributed by atoms with Gasteiger partial charge in [0, 0.05) is 32.9 Å². The molecule has 1 rings (SSSR count). The molecule has 0 bridgehead atoms. The summed E-state index contributed by atoms with van der Waals surface area (Å²) in [6.45, 7) is 5.34. The summed E-state index contributed by atoms with van der Waals surface area (Å²) in [6, 6.07) is 3.39. The number of aromatic nitrogens is 1. The SMILES string of the molecule is CCOCCN(CC)S(=O)(=O)c1ncccc1NC. The van der Waals surface area contributed by atoms with Crippen LogP contribution in [0.25, 0.3) is 0 Å². The average Bonchev–Trinajstić information content (AvgIpc) is 2.43. The number of nitrogens with zero attached hydrogens (tertiary/aromatic N) is 2. The monoisotopic (exact) mass is 287 g/mol. The molecular formula is C12H21N3O3S. The Labute approximate surface area is 114 Å². The first-order valence-electron chi connectivity index (χ1n) is 6.28. The number of pyridine rings is 1. The first-order valence-corrected chi connectivity index (χ1v) is 7.72. The molecule has 0 saturated heterocycles. The molecule has 0 unspecified atom stereocenters. The smallest absolute Gasteiger partial charge is 0.262 e. The summed E-state index contributed by atoms with van der Waals surface area (Å²) in [5, 5.41) is 2.90. The molecule has 7 heteroatoms. The van der Waals surface area contributed by atoms with Crippen LogP contribution in [0.2, 0.25) is 0 Å². The quantitative estimate of drug-likeness (QED) is 0.727. The summed E-state index contributed by atoms with van der Waals surface area (Å²) in [5.74, 6) is 0. The lowest BCUT2D eigenvalue weighted by Crippen LogP contribution is -2.34. The van der Waals surface area contributed by atoms with Crippen molar-refractivity contribution in [1.29, 1.82) is 0 Å². The van der Waals surface area contributed by atoms with Gasteiger partial charge in [-0.05, 0) is 19.1 Å². The van der Waals surface area contributed by atoms with Gasteiger partial charge in [-0.15, -0.1) is 0 Å². The van der Waals surface area contributed by atoms with E-state index in [4.69, 9.17) is 4.74 Å². The highest BCUT2D eigenvalue weighted by Gasteiger charge is 2.26. The first-order chi connectivity index (χ1) is 9.07. The van der Waals surface area contributed by atoms with E-state index < -0.39 is 10.0 Å². The number of rotatable bonds is 8. The van der Waals surface area contributed by atoms with Crippen molar-refractivity contribution in [2.45, 2.75) is 18.9 Å². The lowest BCUT2D eigenvalue weighted by atomic mass is 10.4. The van der Waals surface area contributed by atoms with Gasteiger partial charge in [0.25, 0.3) is 10.0 Å². The third-order valence-corrected chi connectivity index (χ3v) is 4.60. The van der Waals surface area contributed by atoms with Crippen LogP contribution < -0.4 is 5.32 Å². The fourth-order valence-electron chi connectivity index (χ4n) is 1.67. The second-order valence-electron chi connectivity index (χ2n) is 3.80. The summed E-state index contributed by atoms with van der Waals surface area (Å²) < 4.78 is 31.6. The average molecular weight is 287 g/mol. The second-order valence-corrected chi connectivity index (χ2v) is 5.65. The van der Waals surface area contributed by atoms with Gasteiger partial charge in [0.1, 0.15) is 0 Å². The molecule has 6 nitrogen and oxygen atoms in total. The van der Waals surface area contributed by atoms with Crippen molar-refractivity contribution in [3.63, 3.8) is 0 Å². The summed E-state index contributed by atoms with van der Waals surface area (Å²) in [5.41, 5.74) is 0.498. The van der Waals surface area contributed by atoms with Crippen LogP contribution in [0, 0.1) is 0 Å². The van der Waals surface area contributed by atoms with Crippen LogP contribution in [0.3, 0.4) is 0 Å². The van der Waals surface area contributed by atoms with Crippen molar-refractivity contribution in [2.75, 3.05) is 38.7 Å². The molecule has 1 aromatic heterocycles. The molecule has 0 aliphatic rings. The predicted octanol–water partition coefficient (Wildman–Crippen LogP) is 1.17. The van der Waals surface area contributed by atoms with E-state index in [0.717, 1.165) is 0 Å². The molecule has 108 valence electrons. The highest BCUT2D eigenvalue weighted by molar-refractivity contribution is 7.89. The third kappa shape index (κ3) is 3.89. The molecule has 0 spiro atoms. The first kappa shape index (κ1) is 15.9. The molecule has 0 aliphatic heterocycles. The molecule has 0 saturated carbocycles. The Balaban J connectivity index is 2.99. The minimum absolute atomic E-state index is 0.0517. The Morgan fingerprint density at radius 1 is 1.42 bits per heavy atom. The second kappa shape index (κ2) is 7.42. The van der Waals surface area contributed by atoms with E-state index >= 15 is 0 Å². The summed E-state index contributed by atoms with van der Waals surface area (Å²) >= 11 is 0. The fourth-order valence-corrected chi connectivity index (χ4v) is 3.21. The van der Waals surface area contributed by atoms with Crippen molar-refractivity contribution in [2.24, 2.45) is 0 Å². The predicted molar refractivity (Wildman–Crippen MR) is 74.7 cm³/mol. The molecule has 19 heavy (non-hydrogen) atoms. The normalized spacial score (nSPS) is 11.8. The lowest BCUT2D eigenvalue weighted by molar-refractivity contribution is 0.135. The van der Waals surface area contributed by atoms with Crippen molar-refractivity contribution in [1.82, 2.24) is 9.29 Å². The van der Waals surface area contributed by atoms with Gasteiger partial charge in [0.2, 0.25) is 0 Å². The van der Waals surface area contributed by atoms with E-state index in [2.05, 4.69) is 10.3 Å². The zero-order valence-electron chi connectivity index (χ0n) is 11.6. The van der Waals surface area contributed by atoms with Crippen LogP contribution in [-0.2, 0) is 14.8 Å². The molecule has 1 heterocycles. The zero-order valence-corrected chi connectivity index (χ0v) is 12.4. The molecule has 0 amide bonds. The van der Waals surface area contributed by atoms with Gasteiger partial charge in [-0.3, -0.25) is 0 Å². The van der Waals surface area contributed by atoms with E-state index in [1.807, 2.05) is 6.92 Å². The number of hydrogen-bond acceptors (Lipinski definition) is 5. The van der Waals surface area contributed by atoms with Gasteiger partial charge in [-0.2, -0.15) is 4.31 Å². The maximum absolute atomic E-state index is 12.5. The minimum atomic E-state index is -3.59. The highest BCUT2D eigenvalue weighted by atomic mass is 32.2. The van der Waals surface area contributed by atoms with Gasteiger partial charge < -0.3 is 10.1 Å². The van der Waals surface area contributed by atoms with E-state index in [1.165, 1.54) is 10.5 Å². The molecule has 0 atom stereocenters. The van der Waals surface area contributed by atoms with Crippen molar-refractivity contribution >= 4 is 15.7 Å². The molecule has 0 aromatic carbocycles. The van der Waals surface area contributed by atoms with Crippen LogP contribution >= 0.6 is 0 Å². The summed E-state index contributed by atoms with van der Waals surface area (Å²) in [6.07, 6.45) is 1.48. The van der Waals surface area contributed by atoms with Crippen molar-refractivity contribution in [3.05, 3.63) is 18.3 Å². The third-order valence-electron chi connectivity index (χ3n) is 2.67. The Bertz CT molecular complexity index is 491. The topological polar surface area (TPSA) is 71.5 Å². The Morgan fingerprint density at radius 2 is 2.16 bits per heavy atom. The number of nitrogens with one attached hydrogen (secondary N) is 1. The van der Waals surface area contributed by atoms with Crippen LogP contribution in [0.15, 0.2) is 23.4 Å². The molecule has 1 aromatic rings. The van der Waals surface area contributed by atoms with Gasteiger partial charge >= 0.3 is 0 Å². The molecule has 0 aliphatic carbocycles. The maximum Gasteiger partial charge on any atom is 0.262 e. The Hall–Kier alpha value is -1.18. The van der Waals surface area contributed by atoms with Crippen LogP contribution in [0.4, 0.5) is 5.69 Å². The van der Waals surface area contributed by atoms with E-state index in [-0.39, 0.29) is 5.03 Å². The molecular weight excluding hydrogens is 266 g/mol. The van der Waals surface area contributed by atoms with Crippen LogP contribution in [-0.4, -0.2) is 51.1 Å². The van der Waals surface area contributed by atoms with Crippen molar-refractivity contribution < 1.29 is 13.2 Å². The van der Waals surface area contributed by atoms with Crippen LogP contribution in [0.5, 0.6) is 0 Å². The van der Waals surface area contributed by atoms with E-state index in [0.29, 0.717) is 32.0 Å². The van der Waals surface area contributed by atoms with Crippen molar-refractivity contribution in [3.8, 4) is 0 Å². The standard InChI is InChI=1S/C12H21N3O3S/c1-4-15(9-10-18-5-2)19(16,17)12-11(13-3)7-6-8-14-12/h6-8,13H,4-5,9-10H2,1-3H3. The summed E-state index contributed by atoms with van der Waals surface area (Å²) in [4.78, 5) is 3.99. The van der Waals surface area contributed by atoms with E-state index in [1.54, 1.807) is 26.1 Å². The largest absolute Gasteiger partial charge is 0.386 e. The number of sulfonamides is 1. The Morgan fingerprint density at radius 3 is 2.74 bits per heavy atom. The van der Waals surface area contributed by atoms with Gasteiger partial charge in [0.05, 0.1) is 12.3 Å². The van der Waals surface area contributed by atoms with Crippen LogP contribution in [0.1, 0.15) is 13.8 Å². The van der Waals surface area contributed by atoms with E-state index in [9.17, 15) is 8.42 Å². The van der Waals surface area contributed by atoms with Gasteiger partial charge in [0.15, 0.2) is 5.03 Å². The minimum Gasteiger partial charge on any atom is -0.386 e. The number of hydrogen-bond donors (Lipinski definition) is 1. The lowest BCUT2D eigenvalue weighted by Gasteiger charge is -2.21. The van der Waals surface area contributed by atoms with Gasteiger partial charge in [-0.25, -0.2) is 13.4 Å². The maximum atomic E-state index is 12.5. The zero-order chi connectivity index (χ0) is 14.3. The summed E-state index contributed by atoms with van der Waals surface area (Å²) in [7, 11) is -1.92. The number of likely N-dealkylation sites (N-methyl/N-ethyl adjacent to an activating group) is 1. The fraction of sp³-hybridized carbons (Fsp3) is 0.583. The Kier molecular flexibility index (Phi) is 6.20. The molecule has 1 N–H and O–H groups in total. The number of anilines is 1. The molecule has 0 radical (unpaired) electrons. The highest BCUT2D eigenvalue weighted by Crippen LogP contribution is 2.21. The molecule has 0 fully saturated rings. The van der Waals surface area contributed by atoms with Gasteiger partial charge in [-0.1, -0.05) is 6.92 Å². The number of ether oxygens (including phenoxy) is 1.